The van der Waals surface area contributed by atoms with E-state index in [1.165, 1.54) is 5.56 Å². The molecule has 1 aromatic heterocycles. The Bertz CT molecular complexity index is 888. The van der Waals surface area contributed by atoms with Gasteiger partial charge in [0, 0.05) is 46.6 Å². The Morgan fingerprint density at radius 1 is 1.14 bits per heavy atom. The van der Waals surface area contributed by atoms with Crippen LogP contribution in [-0.2, 0) is 22.6 Å². The molecule has 2 amide bonds. The molecular weight excluding hydrogens is 370 g/mol. The third kappa shape index (κ3) is 4.32. The number of hydrogen-bond acceptors (Lipinski definition) is 6. The fraction of sp³-hybridized carbons (Fsp3) is 0.524. The van der Waals surface area contributed by atoms with Crippen molar-refractivity contribution in [1.82, 2.24) is 24.8 Å². The van der Waals surface area contributed by atoms with Gasteiger partial charge >= 0.3 is 0 Å². The largest absolute Gasteiger partial charge is 0.340 e. The van der Waals surface area contributed by atoms with Gasteiger partial charge in [-0.25, -0.2) is 0 Å². The lowest BCUT2D eigenvalue weighted by Crippen LogP contribution is -2.49. The van der Waals surface area contributed by atoms with Crippen LogP contribution >= 0.6 is 0 Å². The van der Waals surface area contributed by atoms with E-state index in [0.29, 0.717) is 44.3 Å². The Hall–Kier alpha value is -2.74. The topological polar surface area (TPSA) is 82.8 Å². The van der Waals surface area contributed by atoms with Crippen LogP contribution in [0, 0.1) is 6.92 Å². The highest BCUT2D eigenvalue weighted by Crippen LogP contribution is 2.32. The molecule has 2 aliphatic heterocycles. The molecule has 1 saturated heterocycles. The highest BCUT2D eigenvalue weighted by atomic mass is 16.5. The first-order valence-corrected chi connectivity index (χ1v) is 10.2. The second-order valence-corrected chi connectivity index (χ2v) is 7.77. The quantitative estimate of drug-likeness (QED) is 0.779. The van der Waals surface area contributed by atoms with E-state index in [1.54, 1.807) is 13.8 Å². The van der Waals surface area contributed by atoms with Crippen molar-refractivity contribution >= 4 is 11.8 Å². The summed E-state index contributed by atoms with van der Waals surface area (Å²) >= 11 is 0. The van der Waals surface area contributed by atoms with E-state index in [4.69, 9.17) is 4.52 Å². The smallest absolute Gasteiger partial charge is 0.225 e. The number of rotatable bonds is 4. The third-order valence-electron chi connectivity index (χ3n) is 5.84. The molecule has 2 aliphatic rings. The van der Waals surface area contributed by atoms with Crippen molar-refractivity contribution in [2.45, 2.75) is 39.3 Å². The van der Waals surface area contributed by atoms with Gasteiger partial charge in [0.2, 0.25) is 17.7 Å². The molecule has 8 heteroatoms. The van der Waals surface area contributed by atoms with Gasteiger partial charge in [-0.2, -0.15) is 4.98 Å². The number of carbonyl (C=O) groups excluding carboxylic acids is 2. The van der Waals surface area contributed by atoms with Crippen LogP contribution in [0.25, 0.3) is 0 Å². The van der Waals surface area contributed by atoms with Crippen LogP contribution < -0.4 is 0 Å². The Labute approximate surface area is 170 Å². The number of piperazine rings is 1. The number of fused-ring (bicyclic) bond motifs is 1. The molecule has 29 heavy (non-hydrogen) atoms. The standard InChI is InChI=1S/C21H27N5O3/c1-15-22-20(23-29-15)14-24-9-11-25(12-10-24)21(28)13-19-18-6-4-3-5-17(18)7-8-26(19)16(2)27/h3-6,19H,7-14H2,1-2H3/t19-/m1/s1. The lowest BCUT2D eigenvalue weighted by atomic mass is 9.90. The number of aromatic nitrogens is 2. The molecule has 8 nitrogen and oxygen atoms in total. The normalized spacial score (nSPS) is 19.9. The predicted octanol–water partition coefficient (Wildman–Crippen LogP) is 1.56. The summed E-state index contributed by atoms with van der Waals surface area (Å²) in [4.78, 5) is 35.4. The monoisotopic (exact) mass is 397 g/mol. The average Bonchev–Trinajstić information content (AvgIpc) is 3.13. The Morgan fingerprint density at radius 2 is 1.90 bits per heavy atom. The maximum absolute atomic E-state index is 13.0. The molecule has 1 atom stereocenters. The zero-order chi connectivity index (χ0) is 20.4. The SMILES string of the molecule is CC(=O)N1CCc2ccccc2[C@H]1CC(=O)N1CCN(Cc2noc(C)n2)CC1. The summed E-state index contributed by atoms with van der Waals surface area (Å²) in [5.41, 5.74) is 2.34. The summed E-state index contributed by atoms with van der Waals surface area (Å²) in [7, 11) is 0. The van der Waals surface area contributed by atoms with E-state index in [-0.39, 0.29) is 17.9 Å². The second-order valence-electron chi connectivity index (χ2n) is 7.77. The summed E-state index contributed by atoms with van der Waals surface area (Å²) in [5.74, 6) is 1.38. The van der Waals surface area contributed by atoms with Crippen molar-refractivity contribution in [3.63, 3.8) is 0 Å². The molecule has 154 valence electrons. The molecule has 1 fully saturated rings. The summed E-state index contributed by atoms with van der Waals surface area (Å²) in [6.07, 6.45) is 1.18. The van der Waals surface area contributed by atoms with E-state index in [1.807, 2.05) is 28.0 Å². The highest BCUT2D eigenvalue weighted by molar-refractivity contribution is 5.80. The number of aryl methyl sites for hydroxylation is 1. The Balaban J connectivity index is 1.38. The number of amides is 2. The van der Waals surface area contributed by atoms with Crippen molar-refractivity contribution in [3.8, 4) is 0 Å². The third-order valence-corrected chi connectivity index (χ3v) is 5.84. The van der Waals surface area contributed by atoms with Crippen molar-refractivity contribution < 1.29 is 14.1 Å². The lowest BCUT2D eigenvalue weighted by molar-refractivity contribution is -0.137. The Morgan fingerprint density at radius 3 is 2.59 bits per heavy atom. The minimum absolute atomic E-state index is 0.0255. The minimum Gasteiger partial charge on any atom is -0.340 e. The molecule has 0 unspecified atom stereocenters. The fourth-order valence-corrected chi connectivity index (χ4v) is 4.30. The number of benzene rings is 1. The van der Waals surface area contributed by atoms with Crippen LogP contribution in [0.2, 0.25) is 0 Å². The van der Waals surface area contributed by atoms with Crippen LogP contribution in [0.4, 0.5) is 0 Å². The van der Waals surface area contributed by atoms with Gasteiger partial charge in [0.15, 0.2) is 5.82 Å². The summed E-state index contributed by atoms with van der Waals surface area (Å²) < 4.78 is 5.02. The minimum atomic E-state index is -0.176. The number of nitrogens with zero attached hydrogens (tertiary/aromatic N) is 5. The van der Waals surface area contributed by atoms with Crippen LogP contribution in [0.15, 0.2) is 28.8 Å². The molecule has 0 spiro atoms. The summed E-state index contributed by atoms with van der Waals surface area (Å²) in [5, 5.41) is 3.94. The maximum atomic E-state index is 13.0. The molecule has 0 N–H and O–H groups in total. The van der Waals surface area contributed by atoms with Crippen LogP contribution in [0.3, 0.4) is 0 Å². The van der Waals surface area contributed by atoms with Crippen LogP contribution in [0.1, 0.15) is 42.2 Å². The van der Waals surface area contributed by atoms with Crippen LogP contribution in [-0.4, -0.2) is 69.4 Å². The van der Waals surface area contributed by atoms with E-state index in [9.17, 15) is 9.59 Å². The molecule has 3 heterocycles. The zero-order valence-corrected chi connectivity index (χ0v) is 17.0. The van der Waals surface area contributed by atoms with E-state index >= 15 is 0 Å². The molecular formula is C21H27N5O3. The van der Waals surface area contributed by atoms with Gasteiger partial charge in [-0.1, -0.05) is 29.4 Å². The maximum Gasteiger partial charge on any atom is 0.225 e. The van der Waals surface area contributed by atoms with Gasteiger partial charge in [-0.05, 0) is 17.5 Å². The van der Waals surface area contributed by atoms with E-state index in [2.05, 4.69) is 21.1 Å². The van der Waals surface area contributed by atoms with Gasteiger partial charge < -0.3 is 14.3 Å². The molecule has 1 aromatic carbocycles. The predicted molar refractivity (Wildman–Crippen MR) is 106 cm³/mol. The van der Waals surface area contributed by atoms with Crippen LogP contribution in [0.5, 0.6) is 0 Å². The highest BCUT2D eigenvalue weighted by Gasteiger charge is 2.32. The van der Waals surface area contributed by atoms with Crippen molar-refractivity contribution in [2.24, 2.45) is 0 Å². The molecule has 0 aliphatic carbocycles. The molecule has 0 radical (unpaired) electrons. The Kier molecular flexibility index (Phi) is 5.62. The number of hydrogen-bond donors (Lipinski definition) is 0. The molecule has 4 rings (SSSR count). The average molecular weight is 397 g/mol. The molecule has 2 aromatic rings. The zero-order valence-electron chi connectivity index (χ0n) is 17.0. The molecule has 0 bridgehead atoms. The van der Waals surface area contributed by atoms with Gasteiger partial charge in [-0.15, -0.1) is 0 Å². The van der Waals surface area contributed by atoms with Crippen molar-refractivity contribution in [2.75, 3.05) is 32.7 Å². The number of carbonyl (C=O) groups is 2. The van der Waals surface area contributed by atoms with E-state index in [0.717, 1.165) is 25.1 Å². The fourth-order valence-electron chi connectivity index (χ4n) is 4.30. The van der Waals surface area contributed by atoms with Gasteiger partial charge in [-0.3, -0.25) is 14.5 Å². The van der Waals surface area contributed by atoms with Gasteiger partial charge in [0.1, 0.15) is 0 Å². The second kappa shape index (κ2) is 8.32. The lowest BCUT2D eigenvalue weighted by Gasteiger charge is -2.39. The molecule has 0 saturated carbocycles. The summed E-state index contributed by atoms with van der Waals surface area (Å²) in [6, 6.07) is 7.98. The van der Waals surface area contributed by atoms with Crippen molar-refractivity contribution in [1.29, 1.82) is 0 Å². The van der Waals surface area contributed by atoms with Crippen molar-refractivity contribution in [3.05, 3.63) is 47.1 Å². The summed E-state index contributed by atoms with van der Waals surface area (Å²) in [6.45, 7) is 7.56. The van der Waals surface area contributed by atoms with Gasteiger partial charge in [0.25, 0.3) is 0 Å². The van der Waals surface area contributed by atoms with Gasteiger partial charge in [0.05, 0.1) is 19.0 Å². The first kappa shape index (κ1) is 19.6. The first-order chi connectivity index (χ1) is 14.0. The first-order valence-electron chi connectivity index (χ1n) is 10.2. The van der Waals surface area contributed by atoms with E-state index < -0.39 is 0 Å².